The van der Waals surface area contributed by atoms with E-state index in [1.165, 1.54) is 17.7 Å². The van der Waals surface area contributed by atoms with Crippen LogP contribution in [0.4, 0.5) is 20.2 Å². The lowest BCUT2D eigenvalue weighted by molar-refractivity contribution is -0.131. The quantitative estimate of drug-likeness (QED) is 0.413. The fourth-order valence-corrected chi connectivity index (χ4v) is 6.52. The highest BCUT2D eigenvalue weighted by molar-refractivity contribution is 6.02. The van der Waals surface area contributed by atoms with E-state index < -0.39 is 17.7 Å². The first-order chi connectivity index (χ1) is 20.2. The Morgan fingerprint density at radius 1 is 0.929 bits per heavy atom. The van der Waals surface area contributed by atoms with E-state index in [4.69, 9.17) is 0 Å². The van der Waals surface area contributed by atoms with Crippen molar-refractivity contribution in [2.45, 2.75) is 39.3 Å². The molecule has 218 valence electrons. The fourth-order valence-electron chi connectivity index (χ4n) is 6.52. The van der Waals surface area contributed by atoms with Gasteiger partial charge in [-0.15, -0.1) is 0 Å². The minimum Gasteiger partial charge on any atom is -0.357 e. The molecule has 0 spiro atoms. The van der Waals surface area contributed by atoms with Gasteiger partial charge in [0, 0.05) is 62.0 Å². The van der Waals surface area contributed by atoms with E-state index in [9.17, 15) is 14.0 Å². The predicted octanol–water partition coefficient (Wildman–Crippen LogP) is 5.93. The maximum atomic E-state index is 15.5. The first kappa shape index (κ1) is 28.1. The van der Waals surface area contributed by atoms with Crippen LogP contribution in [-0.4, -0.2) is 54.2 Å². The molecule has 1 atom stereocenters. The molecular formula is C34H36F2N4O2. The minimum absolute atomic E-state index is 0.0493. The summed E-state index contributed by atoms with van der Waals surface area (Å²) in [7, 11) is 0. The summed E-state index contributed by atoms with van der Waals surface area (Å²) in [6.07, 6.45) is 0.890. The summed E-state index contributed by atoms with van der Waals surface area (Å²) in [6.45, 7) is 7.52. The maximum Gasteiger partial charge on any atom is 0.242 e. The van der Waals surface area contributed by atoms with Gasteiger partial charge in [-0.25, -0.2) is 8.78 Å². The molecule has 42 heavy (non-hydrogen) atoms. The number of carbonyl (C=O) groups excluding carboxylic acids is 2. The number of amides is 1. The van der Waals surface area contributed by atoms with Crippen LogP contribution < -0.4 is 10.2 Å². The van der Waals surface area contributed by atoms with Crippen LogP contribution >= 0.6 is 0 Å². The molecule has 1 aliphatic carbocycles. The van der Waals surface area contributed by atoms with Crippen LogP contribution in [0.5, 0.6) is 0 Å². The van der Waals surface area contributed by atoms with Gasteiger partial charge >= 0.3 is 0 Å². The third-order valence-electron chi connectivity index (χ3n) is 8.54. The number of benzene rings is 3. The molecule has 8 heteroatoms. The number of nitrogens with one attached hydrogen (secondary N) is 1. The summed E-state index contributed by atoms with van der Waals surface area (Å²) >= 11 is 0. The number of hydrogen-bond acceptors (Lipinski definition) is 5. The number of hydrogen-bond donors (Lipinski definition) is 1. The van der Waals surface area contributed by atoms with Crippen molar-refractivity contribution >= 4 is 23.1 Å². The van der Waals surface area contributed by atoms with Gasteiger partial charge in [-0.1, -0.05) is 62.4 Å². The number of carbonyl (C=O) groups is 2. The Balaban J connectivity index is 1.34. The number of Topliss-reactive ketones (excluding diaryl/α,β-unsaturated/α-hetero) is 1. The Labute approximate surface area is 245 Å². The van der Waals surface area contributed by atoms with Crippen LogP contribution in [0, 0.1) is 17.0 Å². The molecule has 2 heterocycles. The zero-order valence-electron chi connectivity index (χ0n) is 24.1. The zero-order chi connectivity index (χ0) is 29.4. The number of allylic oxidation sites excluding steroid dienone is 1. The van der Waals surface area contributed by atoms with Crippen LogP contribution in [0.1, 0.15) is 43.9 Å². The zero-order valence-corrected chi connectivity index (χ0v) is 24.1. The molecule has 0 bridgehead atoms. The van der Waals surface area contributed by atoms with Crippen molar-refractivity contribution in [3.8, 4) is 0 Å². The molecule has 0 saturated carbocycles. The van der Waals surface area contributed by atoms with Crippen molar-refractivity contribution in [2.24, 2.45) is 5.41 Å². The Bertz CT molecular complexity index is 1530. The van der Waals surface area contributed by atoms with Gasteiger partial charge < -0.3 is 15.1 Å². The van der Waals surface area contributed by atoms with Gasteiger partial charge in [0.1, 0.15) is 11.6 Å². The average molecular weight is 571 g/mol. The molecule has 6 nitrogen and oxygen atoms in total. The summed E-state index contributed by atoms with van der Waals surface area (Å²) in [5.41, 5.74) is 3.74. The third-order valence-corrected chi connectivity index (χ3v) is 8.54. The second kappa shape index (κ2) is 11.3. The van der Waals surface area contributed by atoms with Crippen molar-refractivity contribution < 1.29 is 18.4 Å². The minimum atomic E-state index is -0.885. The predicted molar refractivity (Wildman–Crippen MR) is 160 cm³/mol. The highest BCUT2D eigenvalue weighted by atomic mass is 19.1. The molecule has 3 aliphatic rings. The molecule has 3 aromatic carbocycles. The Morgan fingerprint density at radius 2 is 1.64 bits per heavy atom. The van der Waals surface area contributed by atoms with Gasteiger partial charge in [0.2, 0.25) is 5.91 Å². The summed E-state index contributed by atoms with van der Waals surface area (Å²) in [5.74, 6) is -1.62. The van der Waals surface area contributed by atoms with Crippen LogP contribution in [0.2, 0.25) is 0 Å². The topological polar surface area (TPSA) is 55.9 Å². The number of nitrogens with zero attached hydrogens (tertiary/aromatic N) is 3. The number of piperazine rings is 1. The Morgan fingerprint density at radius 3 is 2.38 bits per heavy atom. The van der Waals surface area contributed by atoms with Crippen molar-refractivity contribution in [3.63, 3.8) is 0 Å². The van der Waals surface area contributed by atoms with Gasteiger partial charge in [0.05, 0.1) is 24.0 Å². The highest BCUT2D eigenvalue weighted by Gasteiger charge is 2.43. The average Bonchev–Trinajstić information content (AvgIpc) is 3.08. The molecule has 0 aromatic heterocycles. The second-order valence-electron chi connectivity index (χ2n) is 12.3. The van der Waals surface area contributed by atoms with Crippen molar-refractivity contribution in [1.82, 2.24) is 9.80 Å². The van der Waals surface area contributed by atoms with Crippen LogP contribution in [0.15, 0.2) is 84.1 Å². The van der Waals surface area contributed by atoms with E-state index >= 15 is 4.39 Å². The Hall–Kier alpha value is -4.04. The SMILES string of the molecule is CC1(C)CC(=O)C2=C(C1)Nc1ccccc1N(CC(=O)N1CCN(Cc3ccccc3)CC1)C2c1ccc(F)cc1F. The van der Waals surface area contributed by atoms with Gasteiger partial charge in [-0.05, 0) is 35.6 Å². The number of ketones is 1. The van der Waals surface area contributed by atoms with Gasteiger partial charge in [-0.2, -0.15) is 0 Å². The highest BCUT2D eigenvalue weighted by Crippen LogP contribution is 2.48. The number of fused-ring (bicyclic) bond motifs is 1. The monoisotopic (exact) mass is 570 g/mol. The normalized spacial score (nSPS) is 20.5. The number of anilines is 2. The molecule has 0 radical (unpaired) electrons. The largest absolute Gasteiger partial charge is 0.357 e. The molecule has 1 amide bonds. The molecule has 1 fully saturated rings. The number of para-hydroxylation sites is 2. The standard InChI is InChI=1S/C34H36F2N4O2/c1-34(2)19-28-32(30(41)20-34)33(25-13-12-24(35)18-26(25)36)40(29-11-7-6-10-27(29)37-28)22-31(42)39-16-14-38(15-17-39)21-23-8-4-3-5-9-23/h3-13,18,33,37H,14-17,19-22H2,1-2H3. The van der Waals surface area contributed by atoms with E-state index in [1.807, 2.05) is 66.1 Å². The summed E-state index contributed by atoms with van der Waals surface area (Å²) in [5, 5.41) is 3.48. The van der Waals surface area contributed by atoms with E-state index in [2.05, 4.69) is 22.3 Å². The number of halogens is 2. The van der Waals surface area contributed by atoms with Crippen molar-refractivity contribution in [2.75, 3.05) is 42.9 Å². The van der Waals surface area contributed by atoms with E-state index in [1.54, 1.807) is 0 Å². The molecule has 1 N–H and O–H groups in total. The lowest BCUT2D eigenvalue weighted by Crippen LogP contribution is -2.51. The van der Waals surface area contributed by atoms with E-state index in [0.29, 0.717) is 37.2 Å². The van der Waals surface area contributed by atoms with Gasteiger partial charge in [0.15, 0.2) is 5.78 Å². The molecule has 3 aromatic rings. The summed E-state index contributed by atoms with van der Waals surface area (Å²) < 4.78 is 29.6. The van der Waals surface area contributed by atoms with Crippen molar-refractivity contribution in [1.29, 1.82) is 0 Å². The first-order valence-corrected chi connectivity index (χ1v) is 14.6. The summed E-state index contributed by atoms with van der Waals surface area (Å²) in [6, 6.07) is 20.4. The lowest BCUT2D eigenvalue weighted by Gasteiger charge is -2.40. The second-order valence-corrected chi connectivity index (χ2v) is 12.3. The smallest absolute Gasteiger partial charge is 0.242 e. The molecule has 2 aliphatic heterocycles. The van der Waals surface area contributed by atoms with Crippen LogP contribution in [-0.2, 0) is 16.1 Å². The third kappa shape index (κ3) is 5.68. The molecule has 6 rings (SSSR count). The Kier molecular flexibility index (Phi) is 7.58. The van der Waals surface area contributed by atoms with E-state index in [0.717, 1.165) is 37.1 Å². The van der Waals surface area contributed by atoms with Gasteiger partial charge in [0.25, 0.3) is 0 Å². The van der Waals surface area contributed by atoms with Crippen molar-refractivity contribution in [3.05, 3.63) is 107 Å². The summed E-state index contributed by atoms with van der Waals surface area (Å²) in [4.78, 5) is 33.7. The van der Waals surface area contributed by atoms with E-state index in [-0.39, 0.29) is 29.2 Å². The fraction of sp³-hybridized carbons (Fsp3) is 0.353. The maximum absolute atomic E-state index is 15.5. The number of rotatable bonds is 5. The van der Waals surface area contributed by atoms with Gasteiger partial charge in [-0.3, -0.25) is 14.5 Å². The van der Waals surface area contributed by atoms with Crippen LogP contribution in [0.25, 0.3) is 0 Å². The molecular weight excluding hydrogens is 534 g/mol. The lowest BCUT2D eigenvalue weighted by atomic mass is 9.73. The molecule has 1 saturated heterocycles. The molecule has 1 unspecified atom stereocenters. The first-order valence-electron chi connectivity index (χ1n) is 14.6. The van der Waals surface area contributed by atoms with Crippen LogP contribution in [0.3, 0.4) is 0 Å².